The van der Waals surface area contributed by atoms with E-state index in [1.54, 1.807) is 23.2 Å². The molecule has 28 heavy (non-hydrogen) atoms. The summed E-state index contributed by atoms with van der Waals surface area (Å²) in [6.07, 6.45) is 4.09. The molecule has 1 aromatic carbocycles. The average Bonchev–Trinajstić information content (AvgIpc) is 2.88. The van der Waals surface area contributed by atoms with Crippen LogP contribution in [-0.4, -0.2) is 53.5 Å². The van der Waals surface area contributed by atoms with Gasteiger partial charge >= 0.3 is 0 Å². The minimum atomic E-state index is -0.970. The first-order chi connectivity index (χ1) is 13.6. The number of para-hydroxylation sites is 1. The van der Waals surface area contributed by atoms with Crippen molar-refractivity contribution >= 4 is 17.5 Å². The van der Waals surface area contributed by atoms with Gasteiger partial charge in [-0.05, 0) is 50.5 Å². The lowest BCUT2D eigenvalue weighted by Gasteiger charge is -2.42. The van der Waals surface area contributed by atoms with Crippen LogP contribution in [0.2, 0.25) is 0 Å². The van der Waals surface area contributed by atoms with Gasteiger partial charge in [0.15, 0.2) is 5.60 Å². The summed E-state index contributed by atoms with van der Waals surface area (Å²) in [6, 6.07) is 13.2. The van der Waals surface area contributed by atoms with Crippen molar-refractivity contribution in [3.63, 3.8) is 0 Å². The van der Waals surface area contributed by atoms with Crippen LogP contribution in [0.25, 0.3) is 0 Å². The lowest BCUT2D eigenvalue weighted by Crippen LogP contribution is -2.61. The highest BCUT2D eigenvalue weighted by molar-refractivity contribution is 6.01. The number of aromatic nitrogens is 1. The largest absolute Gasteiger partial charge is 0.361 e. The zero-order valence-corrected chi connectivity index (χ0v) is 16.1. The van der Waals surface area contributed by atoms with Gasteiger partial charge in [0, 0.05) is 36.2 Å². The third-order valence-corrected chi connectivity index (χ3v) is 5.53. The van der Waals surface area contributed by atoms with Crippen molar-refractivity contribution in [1.82, 2.24) is 9.88 Å². The maximum Gasteiger partial charge on any atom is 0.261 e. The molecular weight excluding hydrogens is 354 g/mol. The van der Waals surface area contributed by atoms with Crippen LogP contribution in [0.5, 0.6) is 0 Å². The van der Waals surface area contributed by atoms with Crippen molar-refractivity contribution in [2.75, 3.05) is 31.1 Å². The number of nitrogens with zero attached hydrogens (tertiary/aromatic N) is 3. The summed E-state index contributed by atoms with van der Waals surface area (Å²) in [6.45, 7) is 3.68. The van der Waals surface area contributed by atoms with E-state index < -0.39 is 5.60 Å². The van der Waals surface area contributed by atoms with Crippen LogP contribution in [0.3, 0.4) is 0 Å². The van der Waals surface area contributed by atoms with Crippen molar-refractivity contribution in [1.29, 1.82) is 0 Å². The Morgan fingerprint density at radius 2 is 1.96 bits per heavy atom. The average molecular weight is 379 g/mol. The SMILES string of the molecule is Cc1cc(C(=O)N2CCOC3(CCCCN(c4ccccc4)C3=O)C2)ccn1. The molecule has 2 aromatic rings. The number of pyridine rings is 1. The number of rotatable bonds is 2. The van der Waals surface area contributed by atoms with Gasteiger partial charge in [-0.2, -0.15) is 0 Å². The molecular formula is C22H25N3O3. The van der Waals surface area contributed by atoms with E-state index in [2.05, 4.69) is 4.98 Å². The van der Waals surface area contributed by atoms with Crippen LogP contribution < -0.4 is 4.90 Å². The predicted octanol–water partition coefficient (Wildman–Crippen LogP) is 2.82. The molecule has 146 valence electrons. The molecule has 0 aliphatic carbocycles. The number of carbonyl (C=O) groups excluding carboxylic acids is 2. The molecule has 4 rings (SSSR count). The topological polar surface area (TPSA) is 62.7 Å². The summed E-state index contributed by atoms with van der Waals surface area (Å²) in [4.78, 5) is 34.3. The lowest BCUT2D eigenvalue weighted by molar-refractivity contribution is -0.155. The molecule has 2 fully saturated rings. The van der Waals surface area contributed by atoms with E-state index in [9.17, 15) is 9.59 Å². The highest BCUT2D eigenvalue weighted by Gasteiger charge is 2.48. The summed E-state index contributed by atoms with van der Waals surface area (Å²) >= 11 is 0. The molecule has 0 N–H and O–H groups in total. The van der Waals surface area contributed by atoms with E-state index in [1.165, 1.54) is 0 Å². The van der Waals surface area contributed by atoms with E-state index >= 15 is 0 Å². The fourth-order valence-electron chi connectivity index (χ4n) is 4.09. The van der Waals surface area contributed by atoms with Gasteiger partial charge < -0.3 is 14.5 Å². The molecule has 1 aromatic heterocycles. The van der Waals surface area contributed by atoms with Gasteiger partial charge in [-0.3, -0.25) is 14.6 Å². The second-order valence-electron chi connectivity index (χ2n) is 7.50. The van der Waals surface area contributed by atoms with Gasteiger partial charge in [-0.15, -0.1) is 0 Å². The number of anilines is 1. The van der Waals surface area contributed by atoms with Crippen LogP contribution in [-0.2, 0) is 9.53 Å². The third-order valence-electron chi connectivity index (χ3n) is 5.53. The summed E-state index contributed by atoms with van der Waals surface area (Å²) in [5, 5.41) is 0. The van der Waals surface area contributed by atoms with E-state index in [1.807, 2.05) is 42.2 Å². The number of carbonyl (C=O) groups is 2. The lowest BCUT2D eigenvalue weighted by atomic mass is 9.93. The van der Waals surface area contributed by atoms with Gasteiger partial charge in [0.1, 0.15) is 0 Å². The van der Waals surface area contributed by atoms with Gasteiger partial charge in [0.05, 0.1) is 13.2 Å². The van der Waals surface area contributed by atoms with Gasteiger partial charge in [-0.25, -0.2) is 0 Å². The first-order valence-electron chi connectivity index (χ1n) is 9.82. The number of amides is 2. The fraction of sp³-hybridized carbons (Fsp3) is 0.409. The Morgan fingerprint density at radius 1 is 1.14 bits per heavy atom. The van der Waals surface area contributed by atoms with Crippen LogP contribution in [0.15, 0.2) is 48.7 Å². The Labute approximate surface area is 165 Å². The van der Waals surface area contributed by atoms with Crippen LogP contribution in [0.1, 0.15) is 35.3 Å². The van der Waals surface area contributed by atoms with E-state index in [0.717, 1.165) is 24.2 Å². The molecule has 6 nitrogen and oxygen atoms in total. The van der Waals surface area contributed by atoms with Gasteiger partial charge in [0.25, 0.3) is 11.8 Å². The second kappa shape index (κ2) is 7.72. The molecule has 6 heteroatoms. The Bertz CT molecular complexity index is 870. The molecule has 2 aliphatic rings. The summed E-state index contributed by atoms with van der Waals surface area (Å²) in [5.41, 5.74) is 1.31. The van der Waals surface area contributed by atoms with Gasteiger partial charge in [-0.1, -0.05) is 18.2 Å². The zero-order valence-electron chi connectivity index (χ0n) is 16.1. The smallest absolute Gasteiger partial charge is 0.261 e. The quantitative estimate of drug-likeness (QED) is 0.805. The van der Waals surface area contributed by atoms with E-state index in [0.29, 0.717) is 31.7 Å². The molecule has 0 saturated carbocycles. The third kappa shape index (κ3) is 3.52. The molecule has 1 spiro atoms. The molecule has 0 radical (unpaired) electrons. The van der Waals surface area contributed by atoms with E-state index in [4.69, 9.17) is 4.74 Å². The maximum atomic E-state index is 13.5. The zero-order chi connectivity index (χ0) is 19.6. The first kappa shape index (κ1) is 18.6. The monoisotopic (exact) mass is 379 g/mol. The first-order valence-corrected chi connectivity index (χ1v) is 9.82. The Balaban J connectivity index is 1.60. The Kier molecular flexibility index (Phi) is 5.13. The number of benzene rings is 1. The molecule has 2 amide bonds. The number of hydrogen-bond donors (Lipinski definition) is 0. The Morgan fingerprint density at radius 3 is 2.75 bits per heavy atom. The molecule has 1 atom stereocenters. The number of ether oxygens (including phenoxy) is 1. The van der Waals surface area contributed by atoms with Gasteiger partial charge in [0.2, 0.25) is 0 Å². The van der Waals surface area contributed by atoms with Crippen molar-refractivity contribution in [3.05, 3.63) is 59.9 Å². The number of hydrogen-bond acceptors (Lipinski definition) is 4. The molecule has 1 unspecified atom stereocenters. The van der Waals surface area contributed by atoms with Crippen LogP contribution in [0, 0.1) is 6.92 Å². The van der Waals surface area contributed by atoms with Crippen LogP contribution in [0.4, 0.5) is 5.69 Å². The molecule has 0 bridgehead atoms. The number of morpholine rings is 1. The van der Waals surface area contributed by atoms with Crippen molar-refractivity contribution in [2.45, 2.75) is 31.8 Å². The normalized spacial score (nSPS) is 23.0. The minimum Gasteiger partial charge on any atom is -0.361 e. The highest BCUT2D eigenvalue weighted by atomic mass is 16.5. The fourth-order valence-corrected chi connectivity index (χ4v) is 4.09. The maximum absolute atomic E-state index is 13.5. The molecule has 3 heterocycles. The summed E-state index contributed by atoms with van der Waals surface area (Å²) in [7, 11) is 0. The van der Waals surface area contributed by atoms with Crippen LogP contribution >= 0.6 is 0 Å². The second-order valence-corrected chi connectivity index (χ2v) is 7.50. The molecule has 2 aliphatic heterocycles. The van der Waals surface area contributed by atoms with E-state index in [-0.39, 0.29) is 18.4 Å². The van der Waals surface area contributed by atoms with Crippen molar-refractivity contribution < 1.29 is 14.3 Å². The minimum absolute atomic E-state index is 0.0420. The van der Waals surface area contributed by atoms with Crippen molar-refractivity contribution in [3.8, 4) is 0 Å². The standard InChI is InChI=1S/C22H25N3O3/c1-17-15-18(9-11-23-17)20(26)24-13-14-28-22(16-24)10-5-6-12-25(21(22)27)19-7-3-2-4-8-19/h2-4,7-9,11,15H,5-6,10,12-14,16H2,1H3. The summed E-state index contributed by atoms with van der Waals surface area (Å²) < 4.78 is 6.09. The molecule has 2 saturated heterocycles. The predicted molar refractivity (Wildman–Crippen MR) is 106 cm³/mol. The summed E-state index contributed by atoms with van der Waals surface area (Å²) in [5.74, 6) is -0.115. The Hall–Kier alpha value is -2.73. The number of aryl methyl sites for hydroxylation is 1. The highest BCUT2D eigenvalue weighted by Crippen LogP contribution is 2.32. The van der Waals surface area contributed by atoms with Crippen molar-refractivity contribution in [2.24, 2.45) is 0 Å².